The Hall–Kier alpha value is -1.77. The zero-order valence-electron chi connectivity index (χ0n) is 8.03. The molecule has 0 fully saturated rings. The van der Waals surface area contributed by atoms with Crippen LogP contribution in [0.15, 0.2) is 28.4 Å². The molecule has 14 heavy (non-hydrogen) atoms. The van der Waals surface area contributed by atoms with Gasteiger partial charge in [0, 0.05) is 12.2 Å². The number of furan rings is 1. The summed E-state index contributed by atoms with van der Waals surface area (Å²) < 4.78 is 10.3. The number of hydrogen-bond donors (Lipinski definition) is 0. The second-order valence-corrected chi connectivity index (χ2v) is 3.19. The van der Waals surface area contributed by atoms with Crippen molar-refractivity contribution in [2.24, 2.45) is 0 Å². The SMILES string of the molecule is Cc1cc(/C=C2/C=CC(=O)O2)oc1C. The van der Waals surface area contributed by atoms with E-state index in [1.54, 1.807) is 12.2 Å². The third-order valence-electron chi connectivity index (χ3n) is 2.07. The zero-order valence-corrected chi connectivity index (χ0v) is 8.03. The van der Waals surface area contributed by atoms with Crippen molar-refractivity contribution < 1.29 is 13.9 Å². The van der Waals surface area contributed by atoms with Gasteiger partial charge >= 0.3 is 5.97 Å². The predicted octanol–water partition coefficient (Wildman–Crippen LogP) is 2.35. The third kappa shape index (κ3) is 1.62. The fourth-order valence-corrected chi connectivity index (χ4v) is 1.23. The summed E-state index contributed by atoms with van der Waals surface area (Å²) in [7, 11) is 0. The molecule has 0 aliphatic carbocycles. The van der Waals surface area contributed by atoms with Gasteiger partial charge in [0.15, 0.2) is 0 Å². The molecule has 72 valence electrons. The Balaban J connectivity index is 2.26. The van der Waals surface area contributed by atoms with Crippen LogP contribution in [-0.4, -0.2) is 5.97 Å². The Labute approximate surface area is 81.7 Å². The van der Waals surface area contributed by atoms with Crippen molar-refractivity contribution in [3.05, 3.63) is 41.1 Å². The van der Waals surface area contributed by atoms with Crippen molar-refractivity contribution in [2.45, 2.75) is 13.8 Å². The molecule has 0 N–H and O–H groups in total. The van der Waals surface area contributed by atoms with Crippen molar-refractivity contribution in [1.82, 2.24) is 0 Å². The van der Waals surface area contributed by atoms with Crippen LogP contribution in [0, 0.1) is 13.8 Å². The summed E-state index contributed by atoms with van der Waals surface area (Å²) in [6.07, 6.45) is 4.70. The number of carbonyl (C=O) groups excluding carboxylic acids is 1. The first-order valence-electron chi connectivity index (χ1n) is 4.34. The summed E-state index contributed by atoms with van der Waals surface area (Å²) in [4.78, 5) is 10.7. The average molecular weight is 190 g/mol. The van der Waals surface area contributed by atoms with Gasteiger partial charge in [-0.25, -0.2) is 4.79 Å². The average Bonchev–Trinajstić information content (AvgIpc) is 2.62. The smallest absolute Gasteiger partial charge is 0.336 e. The second kappa shape index (κ2) is 3.18. The van der Waals surface area contributed by atoms with E-state index >= 15 is 0 Å². The van der Waals surface area contributed by atoms with E-state index in [1.165, 1.54) is 6.08 Å². The number of rotatable bonds is 1. The van der Waals surface area contributed by atoms with Crippen molar-refractivity contribution in [3.8, 4) is 0 Å². The molecule has 3 heteroatoms. The molecule has 0 atom stereocenters. The predicted molar refractivity (Wildman–Crippen MR) is 51.4 cm³/mol. The van der Waals surface area contributed by atoms with Gasteiger partial charge in [0.1, 0.15) is 17.3 Å². The van der Waals surface area contributed by atoms with E-state index in [-0.39, 0.29) is 5.97 Å². The van der Waals surface area contributed by atoms with Gasteiger partial charge in [-0.05, 0) is 31.6 Å². The molecule has 0 unspecified atom stereocenters. The lowest BCUT2D eigenvalue weighted by atomic mass is 10.3. The molecule has 1 aliphatic heterocycles. The van der Waals surface area contributed by atoms with Crippen LogP contribution in [0.5, 0.6) is 0 Å². The molecule has 2 rings (SSSR count). The van der Waals surface area contributed by atoms with Gasteiger partial charge in [0.2, 0.25) is 0 Å². The zero-order chi connectivity index (χ0) is 10.1. The Morgan fingerprint density at radius 1 is 1.29 bits per heavy atom. The summed E-state index contributed by atoms with van der Waals surface area (Å²) >= 11 is 0. The highest BCUT2D eigenvalue weighted by atomic mass is 16.5. The molecule has 3 nitrogen and oxygen atoms in total. The van der Waals surface area contributed by atoms with Crippen molar-refractivity contribution in [2.75, 3.05) is 0 Å². The molecule has 0 radical (unpaired) electrons. The number of ether oxygens (including phenoxy) is 1. The maximum atomic E-state index is 10.7. The molecule has 1 aromatic rings. The normalized spacial score (nSPS) is 17.9. The summed E-state index contributed by atoms with van der Waals surface area (Å²) in [6.45, 7) is 3.87. The summed E-state index contributed by atoms with van der Waals surface area (Å²) in [5.41, 5.74) is 1.09. The lowest BCUT2D eigenvalue weighted by Gasteiger charge is -1.92. The van der Waals surface area contributed by atoms with E-state index < -0.39 is 0 Å². The third-order valence-corrected chi connectivity index (χ3v) is 2.07. The number of allylic oxidation sites excluding steroid dienone is 1. The topological polar surface area (TPSA) is 39.4 Å². The quantitative estimate of drug-likeness (QED) is 0.638. The lowest BCUT2D eigenvalue weighted by Crippen LogP contribution is -1.89. The first kappa shape index (κ1) is 8.81. The van der Waals surface area contributed by atoms with Crippen LogP contribution in [0.25, 0.3) is 6.08 Å². The minimum absolute atomic E-state index is 0.337. The minimum Gasteiger partial charge on any atom is -0.462 e. The largest absolute Gasteiger partial charge is 0.462 e. The molecular formula is C11H10O3. The standard InChI is InChI=1S/C11H10O3/c1-7-5-10(13-8(7)2)6-9-3-4-11(12)14-9/h3-6H,1-2H3/b9-6-. The van der Waals surface area contributed by atoms with E-state index in [0.717, 1.165) is 11.3 Å². The highest BCUT2D eigenvalue weighted by Crippen LogP contribution is 2.18. The van der Waals surface area contributed by atoms with Gasteiger partial charge in [-0.1, -0.05) is 0 Å². The van der Waals surface area contributed by atoms with Crippen LogP contribution in [0.2, 0.25) is 0 Å². The lowest BCUT2D eigenvalue weighted by molar-refractivity contribution is -0.132. The summed E-state index contributed by atoms with van der Waals surface area (Å²) in [5.74, 6) is 1.76. The minimum atomic E-state index is -0.337. The Bertz CT molecular complexity index is 416. The second-order valence-electron chi connectivity index (χ2n) is 3.19. The molecule has 1 aliphatic rings. The van der Waals surface area contributed by atoms with Gasteiger partial charge in [0.05, 0.1) is 0 Å². The fraction of sp³-hybridized carbons (Fsp3) is 0.182. The maximum absolute atomic E-state index is 10.7. The number of hydrogen-bond acceptors (Lipinski definition) is 3. The van der Waals surface area contributed by atoms with E-state index in [0.29, 0.717) is 11.5 Å². The Morgan fingerprint density at radius 2 is 2.07 bits per heavy atom. The monoisotopic (exact) mass is 190 g/mol. The van der Waals surface area contributed by atoms with Crippen LogP contribution in [0.3, 0.4) is 0 Å². The number of carbonyl (C=O) groups is 1. The Morgan fingerprint density at radius 3 is 2.57 bits per heavy atom. The van der Waals surface area contributed by atoms with Gasteiger partial charge in [-0.15, -0.1) is 0 Å². The highest BCUT2D eigenvalue weighted by molar-refractivity contribution is 5.87. The van der Waals surface area contributed by atoms with Gasteiger partial charge in [0.25, 0.3) is 0 Å². The number of cyclic esters (lactones) is 1. The maximum Gasteiger partial charge on any atom is 0.336 e. The summed E-state index contributed by atoms with van der Waals surface area (Å²) in [6, 6.07) is 1.91. The van der Waals surface area contributed by atoms with Crippen LogP contribution in [0.4, 0.5) is 0 Å². The molecular weight excluding hydrogens is 180 g/mol. The molecule has 2 heterocycles. The van der Waals surface area contributed by atoms with Crippen molar-refractivity contribution >= 4 is 12.0 Å². The number of esters is 1. The van der Waals surface area contributed by atoms with Crippen LogP contribution >= 0.6 is 0 Å². The van der Waals surface area contributed by atoms with Gasteiger partial charge in [-0.2, -0.15) is 0 Å². The van der Waals surface area contributed by atoms with E-state index in [9.17, 15) is 4.79 Å². The Kier molecular flexibility index (Phi) is 2.00. The molecule has 0 spiro atoms. The molecule has 0 bridgehead atoms. The van der Waals surface area contributed by atoms with Crippen molar-refractivity contribution in [3.63, 3.8) is 0 Å². The van der Waals surface area contributed by atoms with Gasteiger partial charge < -0.3 is 9.15 Å². The molecule has 0 aromatic carbocycles. The first-order chi connectivity index (χ1) is 6.65. The van der Waals surface area contributed by atoms with Crippen LogP contribution in [-0.2, 0) is 9.53 Å². The fourth-order valence-electron chi connectivity index (χ4n) is 1.23. The van der Waals surface area contributed by atoms with Crippen LogP contribution in [0.1, 0.15) is 17.1 Å². The molecule has 0 saturated heterocycles. The first-order valence-corrected chi connectivity index (χ1v) is 4.34. The van der Waals surface area contributed by atoms with Crippen molar-refractivity contribution in [1.29, 1.82) is 0 Å². The van der Waals surface area contributed by atoms with E-state index in [2.05, 4.69) is 0 Å². The molecule has 1 aromatic heterocycles. The molecule has 0 saturated carbocycles. The van der Waals surface area contributed by atoms with Gasteiger partial charge in [-0.3, -0.25) is 0 Å². The van der Waals surface area contributed by atoms with Crippen LogP contribution < -0.4 is 0 Å². The van der Waals surface area contributed by atoms with E-state index in [1.807, 2.05) is 19.9 Å². The highest BCUT2D eigenvalue weighted by Gasteiger charge is 2.10. The number of aryl methyl sites for hydroxylation is 2. The molecule has 0 amide bonds. The summed E-state index contributed by atoms with van der Waals surface area (Å²) in [5, 5.41) is 0. The van der Waals surface area contributed by atoms with E-state index in [4.69, 9.17) is 9.15 Å².